The van der Waals surface area contributed by atoms with Crippen molar-refractivity contribution in [1.29, 1.82) is 0 Å². The fourth-order valence-electron chi connectivity index (χ4n) is 4.15. The fraction of sp³-hybridized carbons (Fsp3) is 0.700. The van der Waals surface area contributed by atoms with Crippen molar-refractivity contribution >= 4 is 0 Å². The molecule has 0 saturated heterocycles. The van der Waals surface area contributed by atoms with E-state index in [9.17, 15) is 0 Å². The first-order valence-corrected chi connectivity index (χ1v) is 8.80. The summed E-state index contributed by atoms with van der Waals surface area (Å²) in [4.78, 5) is 0. The lowest BCUT2D eigenvalue weighted by molar-refractivity contribution is 0.298. The number of hydrogen-bond donors (Lipinski definition) is 1. The Hall–Kier alpha value is -0.820. The third kappa shape index (κ3) is 3.69. The summed E-state index contributed by atoms with van der Waals surface area (Å²) in [6.45, 7) is 9.14. The molecule has 1 heteroatoms. The number of aryl methyl sites for hydroxylation is 2. The molecule has 0 aliphatic heterocycles. The van der Waals surface area contributed by atoms with Gasteiger partial charge in [0.15, 0.2) is 0 Å². The van der Waals surface area contributed by atoms with Crippen molar-refractivity contribution in [2.75, 3.05) is 7.05 Å². The van der Waals surface area contributed by atoms with Crippen LogP contribution in [0.1, 0.15) is 78.8 Å². The molecule has 0 aromatic heterocycles. The van der Waals surface area contributed by atoms with E-state index in [1.807, 2.05) is 0 Å². The van der Waals surface area contributed by atoms with Crippen LogP contribution in [0.4, 0.5) is 0 Å². The van der Waals surface area contributed by atoms with Crippen molar-refractivity contribution in [3.05, 3.63) is 33.9 Å². The first-order chi connectivity index (χ1) is 10.1. The molecule has 1 aromatic carbocycles. The van der Waals surface area contributed by atoms with Crippen molar-refractivity contribution in [3.63, 3.8) is 0 Å². The molecular formula is C20H33N. The SMILES string of the molecule is CNC(c1c(C)c(C)cc(C)c1C)C1CCCCCCC1. The Bertz CT molecular complexity index is 441. The Balaban J connectivity index is 2.36. The van der Waals surface area contributed by atoms with Crippen LogP contribution in [0.15, 0.2) is 6.07 Å². The second-order valence-corrected chi connectivity index (χ2v) is 7.05. The van der Waals surface area contributed by atoms with Gasteiger partial charge in [-0.1, -0.05) is 38.2 Å². The van der Waals surface area contributed by atoms with Gasteiger partial charge in [-0.25, -0.2) is 0 Å². The van der Waals surface area contributed by atoms with Crippen LogP contribution in [0, 0.1) is 33.6 Å². The zero-order valence-corrected chi connectivity index (χ0v) is 14.7. The molecule has 0 spiro atoms. The average Bonchev–Trinajstić information content (AvgIpc) is 2.42. The summed E-state index contributed by atoms with van der Waals surface area (Å²) in [6, 6.07) is 2.88. The quantitative estimate of drug-likeness (QED) is 0.769. The molecule has 0 amide bonds. The predicted molar refractivity (Wildman–Crippen MR) is 93.0 cm³/mol. The Morgan fingerprint density at radius 1 is 0.857 bits per heavy atom. The fourth-order valence-corrected chi connectivity index (χ4v) is 4.15. The molecule has 1 N–H and O–H groups in total. The molecule has 1 atom stereocenters. The minimum Gasteiger partial charge on any atom is -0.313 e. The topological polar surface area (TPSA) is 12.0 Å². The Labute approximate surface area is 131 Å². The lowest BCUT2D eigenvalue weighted by Gasteiger charge is -2.32. The zero-order chi connectivity index (χ0) is 15.4. The molecule has 1 aromatic rings. The molecule has 1 fully saturated rings. The number of rotatable bonds is 3. The van der Waals surface area contributed by atoms with Gasteiger partial charge in [0.25, 0.3) is 0 Å². The van der Waals surface area contributed by atoms with Crippen LogP contribution in [0.5, 0.6) is 0 Å². The highest BCUT2D eigenvalue weighted by Gasteiger charge is 2.25. The number of benzene rings is 1. The minimum atomic E-state index is 0.529. The smallest absolute Gasteiger partial charge is 0.0351 e. The van der Waals surface area contributed by atoms with E-state index in [0.717, 1.165) is 5.92 Å². The summed E-state index contributed by atoms with van der Waals surface area (Å²) in [5, 5.41) is 3.67. The third-order valence-corrected chi connectivity index (χ3v) is 5.67. The number of hydrogen-bond acceptors (Lipinski definition) is 1. The lowest BCUT2D eigenvalue weighted by Crippen LogP contribution is -2.28. The largest absolute Gasteiger partial charge is 0.313 e. The van der Waals surface area contributed by atoms with Crippen LogP contribution in [0.2, 0.25) is 0 Å². The van der Waals surface area contributed by atoms with Gasteiger partial charge in [0.2, 0.25) is 0 Å². The van der Waals surface area contributed by atoms with E-state index in [0.29, 0.717) is 6.04 Å². The molecule has 1 unspecified atom stereocenters. The first kappa shape index (κ1) is 16.5. The highest BCUT2D eigenvalue weighted by molar-refractivity contribution is 5.46. The van der Waals surface area contributed by atoms with E-state index in [1.54, 1.807) is 5.56 Å². The van der Waals surface area contributed by atoms with E-state index in [2.05, 4.69) is 46.1 Å². The van der Waals surface area contributed by atoms with E-state index >= 15 is 0 Å². The van der Waals surface area contributed by atoms with Gasteiger partial charge >= 0.3 is 0 Å². The summed E-state index contributed by atoms with van der Waals surface area (Å²) in [5.74, 6) is 0.800. The van der Waals surface area contributed by atoms with Crippen LogP contribution in [-0.4, -0.2) is 7.05 Å². The highest BCUT2D eigenvalue weighted by Crippen LogP contribution is 2.37. The Morgan fingerprint density at radius 2 is 1.33 bits per heavy atom. The van der Waals surface area contributed by atoms with Crippen LogP contribution in [-0.2, 0) is 0 Å². The molecule has 2 rings (SSSR count). The summed E-state index contributed by atoms with van der Waals surface area (Å²) >= 11 is 0. The summed E-state index contributed by atoms with van der Waals surface area (Å²) in [7, 11) is 2.15. The Morgan fingerprint density at radius 3 is 1.81 bits per heavy atom. The highest BCUT2D eigenvalue weighted by atomic mass is 14.9. The molecule has 21 heavy (non-hydrogen) atoms. The maximum Gasteiger partial charge on any atom is 0.0351 e. The van der Waals surface area contributed by atoms with Gasteiger partial charge in [0.05, 0.1) is 0 Å². The molecule has 1 aliphatic rings. The lowest BCUT2D eigenvalue weighted by atomic mass is 9.79. The Kier molecular flexibility index (Phi) is 5.87. The van der Waals surface area contributed by atoms with E-state index in [1.165, 1.54) is 67.2 Å². The molecule has 0 heterocycles. The van der Waals surface area contributed by atoms with Crippen molar-refractivity contribution in [2.45, 2.75) is 78.7 Å². The van der Waals surface area contributed by atoms with Crippen LogP contribution in [0.25, 0.3) is 0 Å². The van der Waals surface area contributed by atoms with Crippen LogP contribution >= 0.6 is 0 Å². The van der Waals surface area contributed by atoms with E-state index < -0.39 is 0 Å². The van der Waals surface area contributed by atoms with E-state index in [-0.39, 0.29) is 0 Å². The monoisotopic (exact) mass is 287 g/mol. The second-order valence-electron chi connectivity index (χ2n) is 7.05. The predicted octanol–water partition coefficient (Wildman–Crippen LogP) is 5.54. The van der Waals surface area contributed by atoms with Gasteiger partial charge in [-0.2, -0.15) is 0 Å². The molecule has 0 radical (unpaired) electrons. The van der Waals surface area contributed by atoms with Gasteiger partial charge in [-0.3, -0.25) is 0 Å². The summed E-state index contributed by atoms with van der Waals surface area (Å²) in [6.07, 6.45) is 9.89. The van der Waals surface area contributed by atoms with Crippen molar-refractivity contribution < 1.29 is 0 Å². The molecule has 0 bridgehead atoms. The van der Waals surface area contributed by atoms with Crippen LogP contribution < -0.4 is 5.32 Å². The summed E-state index contributed by atoms with van der Waals surface area (Å²) in [5.41, 5.74) is 7.47. The van der Waals surface area contributed by atoms with Crippen molar-refractivity contribution in [3.8, 4) is 0 Å². The van der Waals surface area contributed by atoms with Gasteiger partial charge in [0, 0.05) is 6.04 Å². The number of nitrogens with one attached hydrogen (secondary N) is 1. The average molecular weight is 287 g/mol. The van der Waals surface area contributed by atoms with Gasteiger partial charge < -0.3 is 5.32 Å². The van der Waals surface area contributed by atoms with Crippen molar-refractivity contribution in [2.24, 2.45) is 5.92 Å². The zero-order valence-electron chi connectivity index (χ0n) is 14.7. The normalized spacial score (nSPS) is 19.1. The van der Waals surface area contributed by atoms with Gasteiger partial charge in [0.1, 0.15) is 0 Å². The maximum absolute atomic E-state index is 3.67. The third-order valence-electron chi connectivity index (χ3n) is 5.67. The standard InChI is InChI=1S/C20H33N/c1-14-13-15(2)17(4)19(16(14)3)20(21-5)18-11-9-7-6-8-10-12-18/h13,18,20-21H,6-12H2,1-5H3. The minimum absolute atomic E-state index is 0.529. The maximum atomic E-state index is 3.67. The van der Waals surface area contributed by atoms with Crippen LogP contribution in [0.3, 0.4) is 0 Å². The molecule has 118 valence electrons. The molecule has 1 aliphatic carbocycles. The van der Waals surface area contributed by atoms with Gasteiger partial charge in [-0.05, 0) is 81.3 Å². The molecule has 1 nitrogen and oxygen atoms in total. The molecular weight excluding hydrogens is 254 g/mol. The second kappa shape index (κ2) is 7.45. The van der Waals surface area contributed by atoms with Gasteiger partial charge in [-0.15, -0.1) is 0 Å². The molecule has 1 saturated carbocycles. The first-order valence-electron chi connectivity index (χ1n) is 8.80. The van der Waals surface area contributed by atoms with Crippen molar-refractivity contribution in [1.82, 2.24) is 5.32 Å². The summed E-state index contributed by atoms with van der Waals surface area (Å²) < 4.78 is 0. The van der Waals surface area contributed by atoms with E-state index in [4.69, 9.17) is 0 Å².